The molecule has 0 unspecified atom stereocenters. The van der Waals surface area contributed by atoms with Gasteiger partial charge in [-0.25, -0.2) is 14.6 Å². The molecule has 2 fully saturated rings. The van der Waals surface area contributed by atoms with Crippen molar-refractivity contribution in [2.75, 3.05) is 13.1 Å². The first-order chi connectivity index (χ1) is 15.7. The van der Waals surface area contributed by atoms with Gasteiger partial charge in [0.25, 0.3) is 11.6 Å². The molecule has 152 valence electrons. The Labute approximate surface area is 172 Å². The van der Waals surface area contributed by atoms with Crippen LogP contribution in [0.3, 0.4) is 0 Å². The number of carboxylic acids is 1. The monoisotopic (exact) mass is 427 g/mol. The SMILES string of the molecule is [2H]OC(=O)C1=C(S[C@H]2C[C@@H](CN([2H])S(=O)(=O)N([2H])[2H])N([2H])C2)[C@H](C)[C@H]2N1C(=O)[C@]2([2H])[C@@H](C)O[2H]. The lowest BCUT2D eigenvalue weighted by Crippen LogP contribution is -2.63. The van der Waals surface area contributed by atoms with Crippen LogP contribution in [0.25, 0.3) is 1.43 Å². The molecule has 3 rings (SSSR count). The van der Waals surface area contributed by atoms with Crippen molar-refractivity contribution in [2.45, 2.75) is 43.7 Å². The molecule has 3 heterocycles. The fraction of sp³-hybridized carbons (Fsp3) is 0.733. The molecular formula is C15H24N4O6S2. The second-order valence-electron chi connectivity index (χ2n) is 6.76. The zero-order chi connectivity index (χ0) is 25.7. The van der Waals surface area contributed by atoms with Crippen LogP contribution in [0.5, 0.6) is 0 Å². The number of amides is 1. The van der Waals surface area contributed by atoms with E-state index in [-0.39, 0.29) is 28.6 Å². The van der Waals surface area contributed by atoms with Gasteiger partial charge in [0.2, 0.25) is 7.34 Å². The summed E-state index contributed by atoms with van der Waals surface area (Å²) in [4.78, 5) is 26.7. The number of nitrogens with zero attached hydrogens (tertiary/aromatic N) is 1. The molecule has 3 aliphatic heterocycles. The minimum atomic E-state index is -4.63. The van der Waals surface area contributed by atoms with Crippen LogP contribution >= 0.6 is 11.8 Å². The average molecular weight is 428 g/mol. The number of aliphatic hydroxyl groups excluding tert-OH is 1. The average Bonchev–Trinajstić information content (AvgIpc) is 3.26. The molecule has 2 saturated heterocycles. The fourth-order valence-corrected chi connectivity index (χ4v) is 5.58. The molecule has 0 radical (unpaired) electrons. The molecule has 0 saturated carbocycles. The van der Waals surface area contributed by atoms with E-state index in [0.29, 0.717) is 4.91 Å². The Kier molecular flexibility index (Phi) is 3.56. The van der Waals surface area contributed by atoms with Crippen molar-refractivity contribution in [2.24, 2.45) is 16.9 Å². The van der Waals surface area contributed by atoms with Crippen LogP contribution in [0.1, 0.15) is 21.6 Å². The summed E-state index contributed by atoms with van der Waals surface area (Å²) in [5.74, 6) is -4.19. The lowest BCUT2D eigenvalue weighted by molar-refractivity contribution is -0.163. The number of nitrogens with two attached hydrogens (primary N) is 1. The maximum absolute atomic E-state index is 12.8. The van der Waals surface area contributed by atoms with Gasteiger partial charge in [0, 0.05) is 36.6 Å². The highest BCUT2D eigenvalue weighted by Gasteiger charge is 2.60. The maximum Gasteiger partial charge on any atom is 0.353 e. The van der Waals surface area contributed by atoms with Gasteiger partial charge >= 0.3 is 5.97 Å². The topological polar surface area (TPSA) is 162 Å². The van der Waals surface area contributed by atoms with Gasteiger partial charge in [-0.05, 0) is 13.3 Å². The molecule has 0 spiro atoms. The summed E-state index contributed by atoms with van der Waals surface area (Å²) >= 11 is 1.15. The molecule has 0 aromatic heterocycles. The molecule has 6 N–H and O–H groups in total. The normalized spacial score (nSPS) is 41.9. The Morgan fingerprint density at radius 3 is 3.19 bits per heavy atom. The number of β-lactam (4-membered cyclic amide) rings is 1. The molecular weight excluding hydrogens is 396 g/mol. The highest BCUT2D eigenvalue weighted by molar-refractivity contribution is 8.03. The van der Waals surface area contributed by atoms with Crippen molar-refractivity contribution in [3.8, 4) is 0 Å². The Morgan fingerprint density at radius 1 is 1.74 bits per heavy atom. The van der Waals surface area contributed by atoms with E-state index < -0.39 is 63.8 Å². The molecule has 3 aliphatic rings. The summed E-state index contributed by atoms with van der Waals surface area (Å²) < 4.78 is 76.0. The van der Waals surface area contributed by atoms with Crippen molar-refractivity contribution in [1.82, 2.24) is 14.9 Å². The predicted octanol–water partition coefficient (Wildman–Crippen LogP) is -1.60. The summed E-state index contributed by atoms with van der Waals surface area (Å²) in [5.41, 5.74) is -0.175. The van der Waals surface area contributed by atoms with Gasteiger partial charge in [-0.2, -0.15) is 8.42 Å². The Bertz CT molecular complexity index is 990. The van der Waals surface area contributed by atoms with Crippen LogP contribution < -0.4 is 15.1 Å². The quantitative estimate of drug-likeness (QED) is 0.275. The predicted molar refractivity (Wildman–Crippen MR) is 98.5 cm³/mol. The second kappa shape index (κ2) is 7.33. The zero-order valence-electron chi connectivity index (χ0n) is 21.6. The molecule has 12 heteroatoms. The van der Waals surface area contributed by atoms with Crippen molar-refractivity contribution in [3.63, 3.8) is 0 Å². The number of rotatable bonds is 9. The number of carbonyl (C=O) groups excluding carboxylic acids is 1. The Hall–Kier alpha value is -1.18. The van der Waals surface area contributed by atoms with Crippen LogP contribution in [0.2, 0.25) is 5.65 Å². The summed E-state index contributed by atoms with van der Waals surface area (Å²) in [6.45, 7) is 2.75. The molecule has 10 nitrogen and oxygen atoms in total. The van der Waals surface area contributed by atoms with Crippen LogP contribution in [0.15, 0.2) is 10.6 Å². The van der Waals surface area contributed by atoms with Crippen molar-refractivity contribution in [3.05, 3.63) is 10.6 Å². The van der Waals surface area contributed by atoms with Crippen molar-refractivity contribution < 1.29 is 35.2 Å². The Balaban J connectivity index is 1.81. The minimum absolute atomic E-state index is 0.0634. The third kappa shape index (κ3) is 3.87. The summed E-state index contributed by atoms with van der Waals surface area (Å²) in [6, 6.07) is -1.56. The van der Waals surface area contributed by atoms with E-state index in [1.54, 1.807) is 6.92 Å². The third-order valence-corrected chi connectivity index (χ3v) is 6.87. The highest BCUT2D eigenvalue weighted by Crippen LogP contribution is 2.51. The number of carbonyl (C=O) groups is 2. The number of fused-ring (bicyclic) bond motifs is 1. The van der Waals surface area contributed by atoms with Gasteiger partial charge in [0.05, 0.1) is 18.0 Å². The molecule has 27 heavy (non-hydrogen) atoms. The zero-order valence-corrected chi connectivity index (χ0v) is 16.2. The van der Waals surface area contributed by atoms with Crippen LogP contribution in [0.4, 0.5) is 0 Å². The molecule has 6 atom stereocenters. The second-order valence-corrected chi connectivity index (χ2v) is 9.26. The number of nitrogens with one attached hydrogen (secondary N) is 2. The van der Waals surface area contributed by atoms with Gasteiger partial charge in [-0.1, -0.05) is 6.92 Å². The standard InChI is InChI=1S/C15H24N4O6S2/c1-6-11-10(7(2)20)14(21)19(11)12(15(22)23)13(6)26-9-3-8(17-5-9)4-18-27(16,24)25/h6-11,17-18,20H,3-5H2,1-2H3,(H,22,23)(H2,16,24,25)/t6-,7-,8+,9+,10-,11-/m1/s1/i10D,20D/hD5. The van der Waals surface area contributed by atoms with Gasteiger partial charge in [-0.15, -0.1) is 11.8 Å². The van der Waals surface area contributed by atoms with E-state index in [2.05, 4.69) is 10.2 Å². The molecule has 1 amide bonds. The van der Waals surface area contributed by atoms with Crippen LogP contribution in [0, 0.1) is 11.8 Å². The van der Waals surface area contributed by atoms with Crippen LogP contribution in [-0.2, 0) is 19.8 Å². The summed E-state index contributed by atoms with van der Waals surface area (Å²) in [6.07, 6.45) is -0.870. The van der Waals surface area contributed by atoms with E-state index in [4.69, 9.17) is 9.88 Å². The smallest absolute Gasteiger partial charge is 0.353 e. The van der Waals surface area contributed by atoms with Crippen LogP contribution in [-0.4, -0.2) is 73.4 Å². The lowest BCUT2D eigenvalue weighted by atomic mass is 9.79. The largest absolute Gasteiger partial charge is 0.477 e. The molecule has 0 aliphatic carbocycles. The third-order valence-electron chi connectivity index (χ3n) is 4.90. The van der Waals surface area contributed by atoms with Gasteiger partial charge in [0.1, 0.15) is 11.3 Å². The molecule has 0 bridgehead atoms. The lowest BCUT2D eigenvalue weighted by Gasteiger charge is -2.46. The number of carboxylic acid groups (broad SMARTS) is 1. The molecule has 0 aromatic rings. The highest BCUT2D eigenvalue weighted by atomic mass is 32.2. The number of hydrogen-bond acceptors (Lipinski definition) is 8. The number of aliphatic hydroxyl groups is 1. The number of thioether (sulfide) groups is 1. The summed E-state index contributed by atoms with van der Waals surface area (Å²) in [5, 5.41) is 8.72. The first-order valence-corrected chi connectivity index (χ1v) is 10.6. The minimum Gasteiger partial charge on any atom is -0.477 e. The number of aliphatic carboxylic acids is 1. The maximum atomic E-state index is 12.8. The van der Waals surface area contributed by atoms with E-state index in [9.17, 15) is 18.0 Å². The van der Waals surface area contributed by atoms with E-state index in [1.807, 2.05) is 0 Å². The van der Waals surface area contributed by atoms with Gasteiger partial charge in [-0.3, -0.25) is 4.79 Å². The Morgan fingerprint density at radius 2 is 2.52 bits per heavy atom. The first kappa shape index (κ1) is 13.1. The first-order valence-electron chi connectivity index (χ1n) is 11.4. The molecule has 0 aromatic carbocycles. The van der Waals surface area contributed by atoms with Crippen molar-refractivity contribution >= 4 is 33.8 Å². The van der Waals surface area contributed by atoms with Gasteiger partial charge < -0.3 is 20.4 Å². The van der Waals surface area contributed by atoms with E-state index in [0.717, 1.165) is 22.0 Å². The van der Waals surface area contributed by atoms with Gasteiger partial charge in [0.15, 0.2) is 0 Å². The van der Waals surface area contributed by atoms with Crippen molar-refractivity contribution in [1.29, 1.82) is 2.86 Å². The number of hydrogen-bond donors (Lipinski definition) is 5. The summed E-state index contributed by atoms with van der Waals surface area (Å²) in [7, 11) is -4.63. The van der Waals surface area contributed by atoms with E-state index in [1.165, 1.54) is 6.92 Å². The fourth-order valence-electron chi connectivity index (χ4n) is 3.75. The van der Waals surface area contributed by atoms with E-state index >= 15 is 0 Å².